The van der Waals surface area contributed by atoms with Crippen LogP contribution in [0, 0.1) is 0 Å². The minimum Gasteiger partial charge on any atom is -0.497 e. The molecule has 9 heteroatoms. The van der Waals surface area contributed by atoms with Gasteiger partial charge in [0.1, 0.15) is 11.5 Å². The Kier molecular flexibility index (Phi) is 6.83. The lowest BCUT2D eigenvalue weighted by atomic mass is 10.0. The van der Waals surface area contributed by atoms with Crippen molar-refractivity contribution in [3.63, 3.8) is 0 Å². The summed E-state index contributed by atoms with van der Waals surface area (Å²) in [5, 5.41) is 13.6. The number of H-pyrrole nitrogens is 1. The van der Waals surface area contributed by atoms with Crippen molar-refractivity contribution in [2.75, 3.05) is 7.11 Å². The van der Waals surface area contributed by atoms with E-state index in [4.69, 9.17) is 9.15 Å². The van der Waals surface area contributed by atoms with Crippen LogP contribution in [-0.4, -0.2) is 37.2 Å². The third-order valence-electron chi connectivity index (χ3n) is 6.50. The number of furan rings is 1. The first-order chi connectivity index (χ1) is 16.4. The summed E-state index contributed by atoms with van der Waals surface area (Å²) in [7, 11) is 1.63. The highest BCUT2D eigenvalue weighted by molar-refractivity contribution is 5.80. The molecule has 180 valence electrons. The molecule has 3 aromatic heterocycles. The minimum absolute atomic E-state index is 0.119. The quantitative estimate of drug-likeness (QED) is 0.371. The van der Waals surface area contributed by atoms with E-state index in [1.54, 1.807) is 13.4 Å². The maximum absolute atomic E-state index is 13.0. The number of methoxy groups -OCH3 is 1. The fourth-order valence-electron chi connectivity index (χ4n) is 4.16. The van der Waals surface area contributed by atoms with Crippen molar-refractivity contribution in [3.8, 4) is 5.75 Å². The SMILES string of the molecule is CCC(c1nnnn1C(C)(C)CC)N(Cc1ccco1)Cc1cc2cc(OC)ccc2[nH]c1=O. The van der Waals surface area contributed by atoms with Crippen LogP contribution in [0.25, 0.3) is 10.9 Å². The zero-order valence-corrected chi connectivity index (χ0v) is 20.4. The number of hydrogen-bond donors (Lipinski definition) is 1. The number of benzene rings is 1. The minimum atomic E-state index is -0.237. The lowest BCUT2D eigenvalue weighted by Gasteiger charge is -2.32. The highest BCUT2D eigenvalue weighted by Crippen LogP contribution is 2.30. The molecule has 3 heterocycles. The van der Waals surface area contributed by atoms with Crippen LogP contribution in [0.3, 0.4) is 0 Å². The Balaban J connectivity index is 1.76. The molecule has 4 aromatic rings. The van der Waals surface area contributed by atoms with Crippen LogP contribution in [-0.2, 0) is 18.6 Å². The van der Waals surface area contributed by atoms with Crippen molar-refractivity contribution in [1.29, 1.82) is 0 Å². The monoisotopic (exact) mass is 464 g/mol. The Morgan fingerprint density at radius 1 is 1.21 bits per heavy atom. The van der Waals surface area contributed by atoms with Gasteiger partial charge in [0, 0.05) is 23.0 Å². The number of nitrogens with zero attached hydrogens (tertiary/aromatic N) is 5. The number of fused-ring (bicyclic) bond motifs is 1. The van der Waals surface area contributed by atoms with Gasteiger partial charge in [-0.05, 0) is 73.5 Å². The summed E-state index contributed by atoms with van der Waals surface area (Å²) in [5.41, 5.74) is 1.07. The molecule has 9 nitrogen and oxygen atoms in total. The second-order valence-corrected chi connectivity index (χ2v) is 9.10. The first-order valence-electron chi connectivity index (χ1n) is 11.6. The van der Waals surface area contributed by atoms with Crippen LogP contribution in [0.1, 0.15) is 63.7 Å². The van der Waals surface area contributed by atoms with Gasteiger partial charge in [-0.25, -0.2) is 4.68 Å². The van der Waals surface area contributed by atoms with Crippen LogP contribution in [0.15, 0.2) is 51.9 Å². The van der Waals surface area contributed by atoms with Crippen molar-refractivity contribution in [2.24, 2.45) is 0 Å². The van der Waals surface area contributed by atoms with E-state index in [1.807, 2.05) is 41.1 Å². The van der Waals surface area contributed by atoms with Crippen molar-refractivity contribution in [3.05, 3.63) is 70.2 Å². The molecule has 0 radical (unpaired) electrons. The average molecular weight is 465 g/mol. The molecule has 0 saturated heterocycles. The molecule has 1 N–H and O–H groups in total. The molecule has 0 aliphatic heterocycles. The van der Waals surface area contributed by atoms with E-state index in [9.17, 15) is 4.79 Å². The number of rotatable bonds is 10. The van der Waals surface area contributed by atoms with Crippen molar-refractivity contribution < 1.29 is 9.15 Å². The Morgan fingerprint density at radius 3 is 2.71 bits per heavy atom. The smallest absolute Gasteiger partial charge is 0.252 e. The molecule has 0 aliphatic rings. The van der Waals surface area contributed by atoms with Crippen molar-refractivity contribution in [1.82, 2.24) is 30.1 Å². The van der Waals surface area contributed by atoms with E-state index < -0.39 is 0 Å². The van der Waals surface area contributed by atoms with Crippen molar-refractivity contribution in [2.45, 2.75) is 65.2 Å². The number of pyridine rings is 1. The maximum atomic E-state index is 13.0. The second-order valence-electron chi connectivity index (χ2n) is 9.10. The van der Waals surface area contributed by atoms with Gasteiger partial charge in [0.05, 0.1) is 31.5 Å². The van der Waals surface area contributed by atoms with Gasteiger partial charge in [-0.3, -0.25) is 9.69 Å². The first kappa shape index (κ1) is 23.7. The van der Waals surface area contributed by atoms with Gasteiger partial charge in [0.25, 0.3) is 5.56 Å². The Morgan fingerprint density at radius 2 is 2.03 bits per heavy atom. The largest absolute Gasteiger partial charge is 0.497 e. The maximum Gasteiger partial charge on any atom is 0.252 e. The highest BCUT2D eigenvalue weighted by Gasteiger charge is 2.31. The summed E-state index contributed by atoms with van der Waals surface area (Å²) in [6.45, 7) is 9.39. The summed E-state index contributed by atoms with van der Waals surface area (Å²) in [6, 6.07) is 11.2. The zero-order valence-electron chi connectivity index (χ0n) is 20.4. The summed E-state index contributed by atoms with van der Waals surface area (Å²) in [5.74, 6) is 2.33. The zero-order chi connectivity index (χ0) is 24.3. The van der Waals surface area contributed by atoms with Gasteiger partial charge >= 0.3 is 0 Å². The molecule has 34 heavy (non-hydrogen) atoms. The van der Waals surface area contributed by atoms with Gasteiger partial charge in [0.15, 0.2) is 5.82 Å². The number of aromatic amines is 1. The fraction of sp³-hybridized carbons (Fsp3) is 0.440. The normalized spacial score (nSPS) is 13.0. The predicted octanol–water partition coefficient (Wildman–Crippen LogP) is 4.41. The van der Waals surface area contributed by atoms with Crippen LogP contribution in [0.2, 0.25) is 0 Å². The first-order valence-corrected chi connectivity index (χ1v) is 11.6. The van der Waals surface area contributed by atoms with Gasteiger partial charge < -0.3 is 14.1 Å². The summed E-state index contributed by atoms with van der Waals surface area (Å²) in [6.07, 6.45) is 3.31. The molecular weight excluding hydrogens is 432 g/mol. The second kappa shape index (κ2) is 9.80. The fourth-order valence-corrected chi connectivity index (χ4v) is 4.16. The number of ether oxygens (including phenoxy) is 1. The molecule has 0 saturated carbocycles. The van der Waals surface area contributed by atoms with E-state index in [-0.39, 0.29) is 17.1 Å². The third kappa shape index (κ3) is 4.75. The molecular formula is C25H32N6O3. The molecule has 0 aliphatic carbocycles. The molecule has 1 aromatic carbocycles. The standard InChI is InChI=1S/C25H32N6O3/c1-6-22(23-27-28-29-31(23)25(3,4)7-2)30(16-20-9-8-12-34-20)15-18-13-17-14-19(33-5)10-11-21(17)26-24(18)32/h8-14,22H,6-7,15-16H2,1-5H3,(H,26,32). The highest BCUT2D eigenvalue weighted by atomic mass is 16.5. The van der Waals surface area contributed by atoms with Gasteiger partial charge in [-0.2, -0.15) is 0 Å². The number of aromatic nitrogens is 5. The number of nitrogens with one attached hydrogen (secondary N) is 1. The van der Waals surface area contributed by atoms with E-state index in [0.717, 1.165) is 41.1 Å². The Bertz CT molecular complexity index is 1290. The van der Waals surface area contributed by atoms with Gasteiger partial charge in [-0.15, -0.1) is 5.10 Å². The van der Waals surface area contributed by atoms with Crippen LogP contribution < -0.4 is 10.3 Å². The van der Waals surface area contributed by atoms with E-state index in [1.165, 1.54) is 0 Å². The molecule has 0 amide bonds. The lowest BCUT2D eigenvalue weighted by molar-refractivity contribution is 0.140. The number of tetrazole rings is 1. The summed E-state index contributed by atoms with van der Waals surface area (Å²) < 4.78 is 12.9. The molecule has 1 unspecified atom stereocenters. The van der Waals surface area contributed by atoms with Gasteiger partial charge in [-0.1, -0.05) is 13.8 Å². The average Bonchev–Trinajstić information content (AvgIpc) is 3.52. The molecule has 0 fully saturated rings. The lowest BCUT2D eigenvalue weighted by Crippen LogP contribution is -2.36. The third-order valence-corrected chi connectivity index (χ3v) is 6.50. The molecule has 0 bridgehead atoms. The van der Waals surface area contributed by atoms with Crippen LogP contribution >= 0.6 is 0 Å². The van der Waals surface area contributed by atoms with E-state index >= 15 is 0 Å². The summed E-state index contributed by atoms with van der Waals surface area (Å²) >= 11 is 0. The molecule has 0 spiro atoms. The molecule has 4 rings (SSSR count). The summed E-state index contributed by atoms with van der Waals surface area (Å²) in [4.78, 5) is 18.2. The van der Waals surface area contributed by atoms with Gasteiger partial charge in [0.2, 0.25) is 0 Å². The van der Waals surface area contributed by atoms with E-state index in [2.05, 4.69) is 53.1 Å². The Labute approximate surface area is 198 Å². The Hall–Kier alpha value is -3.46. The van der Waals surface area contributed by atoms with E-state index in [0.29, 0.717) is 18.7 Å². The predicted molar refractivity (Wildman–Crippen MR) is 130 cm³/mol. The van der Waals surface area contributed by atoms with Crippen molar-refractivity contribution >= 4 is 10.9 Å². The topological polar surface area (TPSA) is 102 Å². The molecule has 1 atom stereocenters. The van der Waals surface area contributed by atoms with Crippen LogP contribution in [0.5, 0.6) is 5.75 Å². The number of hydrogen-bond acceptors (Lipinski definition) is 7. The van der Waals surface area contributed by atoms with Crippen LogP contribution in [0.4, 0.5) is 0 Å².